The summed E-state index contributed by atoms with van der Waals surface area (Å²) < 4.78 is 6.89. The number of phenolic OH excluding ortho intramolecular Hbond substituents is 1. The first kappa shape index (κ1) is 20.5. The molecule has 0 amide bonds. The fraction of sp³-hybridized carbons (Fsp3) is 0.474. The van der Waals surface area contributed by atoms with Crippen LogP contribution in [0.4, 0.5) is 11.6 Å². The van der Waals surface area contributed by atoms with Gasteiger partial charge in [-0.1, -0.05) is 0 Å². The highest BCUT2D eigenvalue weighted by Crippen LogP contribution is 2.17. The summed E-state index contributed by atoms with van der Waals surface area (Å²) in [4.78, 5) is 11.2. The summed E-state index contributed by atoms with van der Waals surface area (Å²) in [6.45, 7) is 5.75. The molecule has 152 valence electrons. The fourth-order valence-corrected chi connectivity index (χ4v) is 3.61. The molecular weight excluding hydrogens is 376 g/mol. The van der Waals surface area contributed by atoms with E-state index >= 15 is 0 Å². The third-order valence-electron chi connectivity index (χ3n) is 4.28. The van der Waals surface area contributed by atoms with Gasteiger partial charge < -0.3 is 29.9 Å². The van der Waals surface area contributed by atoms with Crippen molar-refractivity contribution in [2.24, 2.45) is 12.0 Å². The number of nitrogens with one attached hydrogen (secondary N) is 2. The minimum atomic E-state index is 0.252. The molecule has 2 aromatic rings. The van der Waals surface area contributed by atoms with E-state index < -0.39 is 0 Å². The summed E-state index contributed by atoms with van der Waals surface area (Å²) in [7, 11) is 1.93. The van der Waals surface area contributed by atoms with Crippen LogP contribution in [-0.4, -0.2) is 76.4 Å². The number of anilines is 1. The minimum Gasteiger partial charge on any atom is -0.508 e. The van der Waals surface area contributed by atoms with Gasteiger partial charge in [0.1, 0.15) is 5.75 Å². The number of morpholine rings is 1. The van der Waals surface area contributed by atoms with Gasteiger partial charge in [0, 0.05) is 62.8 Å². The van der Waals surface area contributed by atoms with Crippen LogP contribution in [0.2, 0.25) is 0 Å². The maximum absolute atomic E-state index is 9.40. The Morgan fingerprint density at radius 1 is 1.21 bits per heavy atom. The molecule has 8 nitrogen and oxygen atoms in total. The normalized spacial score (nSPS) is 17.6. The molecule has 0 radical (unpaired) electrons. The Bertz CT molecular complexity index is 728. The third kappa shape index (κ3) is 6.43. The van der Waals surface area contributed by atoms with Gasteiger partial charge in [-0.05, 0) is 24.3 Å². The zero-order chi connectivity index (χ0) is 19.6. The molecule has 0 saturated carbocycles. The Morgan fingerprint density at radius 3 is 2.46 bits per heavy atom. The quantitative estimate of drug-likeness (QED) is 0.400. The second kappa shape index (κ2) is 10.9. The van der Waals surface area contributed by atoms with Crippen LogP contribution in [0.25, 0.3) is 0 Å². The Balaban J connectivity index is 0.000000320. The zero-order valence-corrected chi connectivity index (χ0v) is 17.0. The van der Waals surface area contributed by atoms with Crippen LogP contribution in [0, 0.1) is 0 Å². The topological polar surface area (TPSA) is 86.9 Å². The zero-order valence-electron chi connectivity index (χ0n) is 16.2. The van der Waals surface area contributed by atoms with E-state index in [0.29, 0.717) is 5.95 Å². The molecule has 3 N–H and O–H groups in total. The fourth-order valence-electron chi connectivity index (χ4n) is 2.70. The van der Waals surface area contributed by atoms with Gasteiger partial charge in [-0.3, -0.25) is 0 Å². The number of aromatic nitrogens is 2. The van der Waals surface area contributed by atoms with E-state index in [4.69, 9.17) is 4.74 Å². The van der Waals surface area contributed by atoms with Crippen molar-refractivity contribution in [3.8, 4) is 5.75 Å². The number of nitrogens with zero attached hydrogens (tertiary/aromatic N) is 4. The lowest BCUT2D eigenvalue weighted by Gasteiger charge is -2.29. The van der Waals surface area contributed by atoms with Gasteiger partial charge in [-0.2, -0.15) is 16.8 Å². The summed E-state index contributed by atoms with van der Waals surface area (Å²) in [6, 6.07) is 6.99. The maximum atomic E-state index is 9.40. The lowest BCUT2D eigenvalue weighted by atomic mass is 10.3. The molecule has 2 saturated heterocycles. The number of aromatic hydroxyl groups is 1. The number of thioether (sulfide) groups is 1. The molecule has 2 fully saturated rings. The number of guanidine groups is 1. The van der Waals surface area contributed by atoms with Gasteiger partial charge in [-0.15, -0.1) is 0 Å². The van der Waals surface area contributed by atoms with E-state index in [1.54, 1.807) is 18.3 Å². The molecule has 4 rings (SSSR count). The second-order valence-corrected chi connectivity index (χ2v) is 7.63. The number of hydrogen-bond acceptors (Lipinski definition) is 6. The van der Waals surface area contributed by atoms with Gasteiger partial charge in [0.25, 0.3) is 0 Å². The second-order valence-electron chi connectivity index (χ2n) is 6.41. The number of rotatable bonds is 2. The highest BCUT2D eigenvalue weighted by atomic mass is 32.2. The standard InChI is InChI=1S/C15H19N5OS.C4H9NO/c1-19-7-6-16-14(19)18-15(20-8-10-22-11-9-20)17-12-2-4-13(21)5-3-12;1-3-6-4-2-5-1/h2-7,21H,8-11H2,1H3,(H,16,17,18);5H,1-4H2. The van der Waals surface area contributed by atoms with E-state index in [2.05, 4.69) is 25.5 Å². The SMILES string of the molecule is C1COCCN1.Cn1ccnc1N=C(Nc1ccc(O)cc1)N1CCSCC1. The number of benzene rings is 1. The molecule has 9 heteroatoms. The summed E-state index contributed by atoms with van der Waals surface area (Å²) in [5.41, 5.74) is 0.893. The summed E-state index contributed by atoms with van der Waals surface area (Å²) in [5, 5.41) is 15.9. The smallest absolute Gasteiger partial charge is 0.232 e. The van der Waals surface area contributed by atoms with Crippen LogP contribution >= 0.6 is 11.8 Å². The van der Waals surface area contributed by atoms with E-state index in [1.165, 1.54) is 0 Å². The molecule has 0 unspecified atom stereocenters. The van der Waals surface area contributed by atoms with Gasteiger partial charge in [0.15, 0.2) is 0 Å². The van der Waals surface area contributed by atoms with Crippen molar-refractivity contribution in [2.75, 3.05) is 56.2 Å². The first-order valence-corrected chi connectivity index (χ1v) is 10.6. The first-order valence-electron chi connectivity index (χ1n) is 9.45. The Morgan fingerprint density at radius 2 is 1.93 bits per heavy atom. The molecule has 0 aliphatic carbocycles. The van der Waals surface area contributed by atoms with Crippen molar-refractivity contribution >= 4 is 29.4 Å². The van der Waals surface area contributed by atoms with Crippen molar-refractivity contribution in [3.05, 3.63) is 36.7 Å². The average Bonchev–Trinajstić information content (AvgIpc) is 3.16. The molecule has 1 aromatic carbocycles. The molecule has 3 heterocycles. The predicted molar refractivity (Wildman–Crippen MR) is 115 cm³/mol. The van der Waals surface area contributed by atoms with Crippen LogP contribution in [0.5, 0.6) is 5.75 Å². The summed E-state index contributed by atoms with van der Waals surface area (Å²) >= 11 is 1.96. The first-order chi connectivity index (χ1) is 13.7. The number of ether oxygens (including phenoxy) is 1. The van der Waals surface area contributed by atoms with E-state index in [-0.39, 0.29) is 5.75 Å². The molecule has 28 heavy (non-hydrogen) atoms. The maximum Gasteiger partial charge on any atom is 0.232 e. The van der Waals surface area contributed by atoms with Crippen LogP contribution in [0.1, 0.15) is 0 Å². The summed E-state index contributed by atoms with van der Waals surface area (Å²) in [5.74, 6) is 3.90. The highest BCUT2D eigenvalue weighted by Gasteiger charge is 2.16. The van der Waals surface area contributed by atoms with Crippen molar-refractivity contribution < 1.29 is 9.84 Å². The van der Waals surface area contributed by atoms with Crippen molar-refractivity contribution in [2.45, 2.75) is 0 Å². The Kier molecular flexibility index (Phi) is 8.01. The van der Waals surface area contributed by atoms with Gasteiger partial charge in [0.05, 0.1) is 13.2 Å². The summed E-state index contributed by atoms with van der Waals surface area (Å²) in [6.07, 6.45) is 3.62. The number of aryl methyl sites for hydroxylation is 1. The minimum absolute atomic E-state index is 0.252. The number of imidazole rings is 1. The molecule has 1 aromatic heterocycles. The molecule has 2 aliphatic rings. The molecule has 0 spiro atoms. The Labute approximate surface area is 170 Å². The molecule has 0 atom stereocenters. The number of hydrogen-bond donors (Lipinski definition) is 3. The van der Waals surface area contributed by atoms with Gasteiger partial charge in [0.2, 0.25) is 11.9 Å². The molecule has 2 aliphatic heterocycles. The third-order valence-corrected chi connectivity index (χ3v) is 5.22. The highest BCUT2D eigenvalue weighted by molar-refractivity contribution is 7.99. The number of phenols is 1. The van der Waals surface area contributed by atoms with E-state index in [1.807, 2.05) is 41.7 Å². The van der Waals surface area contributed by atoms with Crippen LogP contribution in [-0.2, 0) is 11.8 Å². The van der Waals surface area contributed by atoms with Gasteiger partial charge >= 0.3 is 0 Å². The molecule has 0 bridgehead atoms. The predicted octanol–water partition coefficient (Wildman–Crippen LogP) is 1.88. The van der Waals surface area contributed by atoms with Crippen molar-refractivity contribution in [1.82, 2.24) is 19.8 Å². The van der Waals surface area contributed by atoms with E-state index in [9.17, 15) is 5.11 Å². The lowest BCUT2D eigenvalue weighted by molar-refractivity contribution is 0.109. The monoisotopic (exact) mass is 404 g/mol. The van der Waals surface area contributed by atoms with Crippen molar-refractivity contribution in [3.63, 3.8) is 0 Å². The van der Waals surface area contributed by atoms with Crippen LogP contribution in [0.3, 0.4) is 0 Å². The van der Waals surface area contributed by atoms with Crippen LogP contribution < -0.4 is 10.6 Å². The van der Waals surface area contributed by atoms with Crippen molar-refractivity contribution in [1.29, 1.82) is 0 Å². The largest absolute Gasteiger partial charge is 0.508 e. The van der Waals surface area contributed by atoms with Crippen LogP contribution in [0.15, 0.2) is 41.7 Å². The number of aliphatic imine (C=N–C) groups is 1. The van der Waals surface area contributed by atoms with E-state index in [0.717, 1.165) is 62.5 Å². The average molecular weight is 405 g/mol. The lowest BCUT2D eigenvalue weighted by Crippen LogP contribution is -2.41. The molecular formula is C19H28N6O2S. The van der Waals surface area contributed by atoms with Gasteiger partial charge in [-0.25, -0.2) is 4.98 Å². The Hall–Kier alpha value is -2.23.